The van der Waals surface area contributed by atoms with Crippen molar-refractivity contribution < 1.29 is 18.3 Å². The molecule has 32 heavy (non-hydrogen) atoms. The number of hydrogen-bond donors (Lipinski definition) is 3. The minimum atomic E-state index is -2.71. The number of anilines is 3. The SMILES string of the molecule is CNc1nc(Nc2cc(-c3nccc(OC)n3)nn2C)cc(OC2CC(F)(F)C2)c1C=N. The molecule has 0 saturated heterocycles. The van der Waals surface area contributed by atoms with E-state index < -0.39 is 12.0 Å². The molecule has 3 heterocycles. The third kappa shape index (κ3) is 4.29. The molecule has 1 aliphatic carbocycles. The Kier molecular flexibility index (Phi) is 5.59. The molecule has 168 valence electrons. The van der Waals surface area contributed by atoms with Gasteiger partial charge in [-0.15, -0.1) is 0 Å². The van der Waals surface area contributed by atoms with Crippen LogP contribution in [0.5, 0.6) is 11.6 Å². The molecule has 0 atom stereocenters. The number of rotatable bonds is 8. The summed E-state index contributed by atoms with van der Waals surface area (Å²) >= 11 is 0. The Balaban J connectivity index is 1.62. The zero-order valence-electron chi connectivity index (χ0n) is 17.7. The molecular formula is C20H22F2N8O2. The largest absolute Gasteiger partial charge is 0.489 e. The molecule has 0 spiro atoms. The van der Waals surface area contributed by atoms with E-state index >= 15 is 0 Å². The number of halogens is 2. The molecule has 0 unspecified atom stereocenters. The highest BCUT2D eigenvalue weighted by Crippen LogP contribution is 2.41. The van der Waals surface area contributed by atoms with Gasteiger partial charge >= 0.3 is 0 Å². The minimum absolute atomic E-state index is 0.292. The minimum Gasteiger partial charge on any atom is -0.489 e. The Hall–Kier alpha value is -3.83. The van der Waals surface area contributed by atoms with Gasteiger partial charge in [0.2, 0.25) is 5.88 Å². The van der Waals surface area contributed by atoms with Crippen molar-refractivity contribution in [3.63, 3.8) is 0 Å². The fraction of sp³-hybridized carbons (Fsp3) is 0.350. The quantitative estimate of drug-likeness (QED) is 0.453. The van der Waals surface area contributed by atoms with E-state index in [-0.39, 0.29) is 12.8 Å². The van der Waals surface area contributed by atoms with Crippen molar-refractivity contribution in [3.05, 3.63) is 30.0 Å². The van der Waals surface area contributed by atoms with E-state index in [1.807, 2.05) is 0 Å². The van der Waals surface area contributed by atoms with Gasteiger partial charge in [-0.1, -0.05) is 0 Å². The molecule has 4 rings (SSSR count). The van der Waals surface area contributed by atoms with E-state index in [1.165, 1.54) is 7.11 Å². The lowest BCUT2D eigenvalue weighted by atomic mass is 9.91. The summed E-state index contributed by atoms with van der Waals surface area (Å²) < 4.78 is 38.9. The van der Waals surface area contributed by atoms with Crippen LogP contribution in [0.2, 0.25) is 0 Å². The van der Waals surface area contributed by atoms with E-state index in [4.69, 9.17) is 14.9 Å². The molecule has 0 bridgehead atoms. The van der Waals surface area contributed by atoms with Gasteiger partial charge in [-0.25, -0.2) is 18.7 Å². The van der Waals surface area contributed by atoms with Gasteiger partial charge in [-0.3, -0.25) is 4.68 Å². The Labute approximate surface area is 182 Å². The highest BCUT2D eigenvalue weighted by atomic mass is 19.3. The van der Waals surface area contributed by atoms with E-state index in [0.717, 1.165) is 6.21 Å². The number of nitrogens with zero attached hydrogens (tertiary/aromatic N) is 5. The number of alkyl halides is 2. The molecule has 3 aromatic rings. The van der Waals surface area contributed by atoms with Crippen LogP contribution in [-0.2, 0) is 7.05 Å². The molecule has 1 aliphatic rings. The van der Waals surface area contributed by atoms with E-state index in [1.54, 1.807) is 43.2 Å². The predicted octanol–water partition coefficient (Wildman–Crippen LogP) is 3.24. The van der Waals surface area contributed by atoms with E-state index in [9.17, 15) is 8.78 Å². The lowest BCUT2D eigenvalue weighted by Gasteiger charge is -2.35. The van der Waals surface area contributed by atoms with Crippen LogP contribution >= 0.6 is 0 Å². The summed E-state index contributed by atoms with van der Waals surface area (Å²) in [6, 6.07) is 4.96. The molecule has 12 heteroatoms. The maximum Gasteiger partial charge on any atom is 0.255 e. The second-order valence-corrected chi connectivity index (χ2v) is 7.25. The maximum atomic E-state index is 13.2. The molecule has 3 N–H and O–H groups in total. The summed E-state index contributed by atoms with van der Waals surface area (Å²) in [5.74, 6) is -0.243. The highest BCUT2D eigenvalue weighted by Gasteiger charge is 2.47. The van der Waals surface area contributed by atoms with Crippen LogP contribution in [0.1, 0.15) is 18.4 Å². The first kappa shape index (κ1) is 21.4. The van der Waals surface area contributed by atoms with Crippen LogP contribution in [0.25, 0.3) is 11.5 Å². The first-order valence-corrected chi connectivity index (χ1v) is 9.78. The van der Waals surface area contributed by atoms with Gasteiger partial charge in [0.15, 0.2) is 5.82 Å². The third-order valence-corrected chi connectivity index (χ3v) is 4.95. The second-order valence-electron chi connectivity index (χ2n) is 7.25. The summed E-state index contributed by atoms with van der Waals surface area (Å²) in [6.07, 6.45) is 1.34. The van der Waals surface area contributed by atoms with Crippen molar-refractivity contribution in [2.45, 2.75) is 24.9 Å². The van der Waals surface area contributed by atoms with Gasteiger partial charge in [-0.2, -0.15) is 10.1 Å². The average molecular weight is 444 g/mol. The molecule has 0 aliphatic heterocycles. The Morgan fingerprint density at radius 2 is 2.06 bits per heavy atom. The number of aryl methyl sites for hydroxylation is 1. The fourth-order valence-corrected chi connectivity index (χ4v) is 3.30. The molecule has 0 aromatic carbocycles. The van der Waals surface area contributed by atoms with Crippen molar-refractivity contribution in [2.75, 3.05) is 24.8 Å². The molecule has 1 saturated carbocycles. The van der Waals surface area contributed by atoms with Crippen molar-refractivity contribution in [2.24, 2.45) is 7.05 Å². The van der Waals surface area contributed by atoms with Crippen LogP contribution in [0.15, 0.2) is 24.4 Å². The van der Waals surface area contributed by atoms with Crippen molar-refractivity contribution in [1.29, 1.82) is 5.41 Å². The molecule has 1 fully saturated rings. The molecular weight excluding hydrogens is 422 g/mol. The summed E-state index contributed by atoms with van der Waals surface area (Å²) in [5.41, 5.74) is 0.899. The van der Waals surface area contributed by atoms with E-state index in [2.05, 4.69) is 30.7 Å². The standard InChI is InChI=1S/C20H22F2N8O2/c1-24-18-12(10-23)14(32-11-8-20(21,22)9-11)7-15(27-18)26-16-6-13(29-30(16)2)19-25-5-4-17(28-19)31-3/h4-7,10-11,23H,8-9H2,1-3H3,(H2,24,26,27). The van der Waals surface area contributed by atoms with Crippen LogP contribution in [0.3, 0.4) is 0 Å². The van der Waals surface area contributed by atoms with Crippen LogP contribution in [0, 0.1) is 5.41 Å². The zero-order valence-corrected chi connectivity index (χ0v) is 17.7. The second kappa shape index (κ2) is 8.36. The first-order valence-electron chi connectivity index (χ1n) is 9.78. The van der Waals surface area contributed by atoms with Gasteiger partial charge in [0.1, 0.15) is 35.0 Å². The summed E-state index contributed by atoms with van der Waals surface area (Å²) in [6.45, 7) is 0. The number of methoxy groups -OCH3 is 1. The van der Waals surface area contributed by atoms with Crippen molar-refractivity contribution >= 4 is 23.7 Å². The van der Waals surface area contributed by atoms with Crippen molar-refractivity contribution in [1.82, 2.24) is 24.7 Å². The molecule has 0 radical (unpaired) electrons. The Bertz CT molecular complexity index is 1140. The van der Waals surface area contributed by atoms with E-state index in [0.29, 0.717) is 46.2 Å². The van der Waals surface area contributed by atoms with Gasteiger partial charge in [0.25, 0.3) is 5.92 Å². The maximum absolute atomic E-state index is 13.2. The van der Waals surface area contributed by atoms with Crippen molar-refractivity contribution in [3.8, 4) is 23.1 Å². The summed E-state index contributed by atoms with van der Waals surface area (Å²) in [4.78, 5) is 12.9. The van der Waals surface area contributed by atoms with Gasteiger partial charge in [0.05, 0.1) is 12.7 Å². The number of hydrogen-bond acceptors (Lipinski definition) is 9. The van der Waals surface area contributed by atoms with Crippen LogP contribution in [-0.4, -0.2) is 57.1 Å². The van der Waals surface area contributed by atoms with Crippen LogP contribution in [0.4, 0.5) is 26.2 Å². The topological polar surface area (TPSA) is 123 Å². The third-order valence-electron chi connectivity index (χ3n) is 4.95. The van der Waals surface area contributed by atoms with Gasteiger partial charge in [-0.05, 0) is 0 Å². The number of pyridine rings is 1. The highest BCUT2D eigenvalue weighted by molar-refractivity contribution is 5.89. The average Bonchev–Trinajstić information content (AvgIpc) is 3.12. The molecule has 0 amide bonds. The summed E-state index contributed by atoms with van der Waals surface area (Å²) in [7, 11) is 4.92. The van der Waals surface area contributed by atoms with Crippen LogP contribution < -0.4 is 20.1 Å². The Morgan fingerprint density at radius 1 is 1.28 bits per heavy atom. The molecule has 10 nitrogen and oxygen atoms in total. The molecule has 3 aromatic heterocycles. The first-order chi connectivity index (χ1) is 15.3. The zero-order chi connectivity index (χ0) is 22.9. The smallest absolute Gasteiger partial charge is 0.255 e. The van der Waals surface area contributed by atoms with Gasteiger partial charge in [0, 0.05) is 57.5 Å². The Morgan fingerprint density at radius 3 is 2.72 bits per heavy atom. The fourth-order valence-electron chi connectivity index (χ4n) is 3.30. The number of ether oxygens (including phenoxy) is 2. The number of aromatic nitrogens is 5. The normalized spacial score (nSPS) is 15.0. The predicted molar refractivity (Wildman–Crippen MR) is 114 cm³/mol. The lowest BCUT2D eigenvalue weighted by Crippen LogP contribution is -2.43. The lowest BCUT2D eigenvalue weighted by molar-refractivity contribution is -0.134. The number of nitrogens with one attached hydrogen (secondary N) is 3. The van der Waals surface area contributed by atoms with Gasteiger partial charge < -0.3 is 25.5 Å². The monoisotopic (exact) mass is 444 g/mol. The summed E-state index contributed by atoms with van der Waals surface area (Å²) in [5, 5.41) is 18.2.